The Morgan fingerprint density at radius 1 is 1.18 bits per heavy atom. The Kier molecular flexibility index (Phi) is 5.94. The summed E-state index contributed by atoms with van der Waals surface area (Å²) in [6, 6.07) is 6.95. The van der Waals surface area contributed by atoms with Gasteiger partial charge in [0.2, 0.25) is 5.91 Å². The summed E-state index contributed by atoms with van der Waals surface area (Å²) in [4.78, 5) is 25.8. The first kappa shape index (κ1) is 16.0. The molecule has 1 aromatic rings. The first-order valence-corrected chi connectivity index (χ1v) is 7.60. The van der Waals surface area contributed by atoms with Crippen LogP contribution in [0.1, 0.15) is 41.6 Å². The van der Waals surface area contributed by atoms with Gasteiger partial charge in [-0.25, -0.2) is 0 Å². The van der Waals surface area contributed by atoms with E-state index in [-0.39, 0.29) is 11.8 Å². The monoisotopic (exact) mass is 302 g/mol. The Bertz CT molecular complexity index is 534. The maximum Gasteiger partial charge on any atom is 0.251 e. The van der Waals surface area contributed by atoms with Crippen LogP contribution >= 0.6 is 0 Å². The zero-order chi connectivity index (χ0) is 15.8. The number of nitrogens with zero attached hydrogens (tertiary/aromatic N) is 2. The van der Waals surface area contributed by atoms with E-state index in [0.717, 1.165) is 31.5 Å². The van der Waals surface area contributed by atoms with Crippen LogP contribution in [0.4, 0.5) is 0 Å². The Hall–Kier alpha value is -2.37. The molecule has 22 heavy (non-hydrogen) atoms. The standard InChI is InChI=1S/C16H22N4O2/c17-19-12-13-4-6-14(7-5-13)16(22)18-9-8-15(21)20-10-2-1-3-11-20/h4-7,12H,1-3,8-11,17H2,(H,18,22). The molecule has 0 radical (unpaired) electrons. The second-order valence-corrected chi connectivity index (χ2v) is 5.35. The van der Waals surface area contributed by atoms with Crippen LogP contribution in [0.2, 0.25) is 0 Å². The average molecular weight is 302 g/mol. The molecule has 0 spiro atoms. The van der Waals surface area contributed by atoms with Gasteiger partial charge in [-0.05, 0) is 37.0 Å². The number of carbonyl (C=O) groups is 2. The van der Waals surface area contributed by atoms with Crippen molar-refractivity contribution in [3.63, 3.8) is 0 Å². The van der Waals surface area contributed by atoms with E-state index in [0.29, 0.717) is 18.5 Å². The third kappa shape index (κ3) is 4.58. The van der Waals surface area contributed by atoms with Crippen molar-refractivity contribution in [3.8, 4) is 0 Å². The first-order chi connectivity index (χ1) is 10.7. The second-order valence-electron chi connectivity index (χ2n) is 5.35. The summed E-state index contributed by atoms with van der Waals surface area (Å²) < 4.78 is 0. The maximum absolute atomic E-state index is 12.0. The van der Waals surface area contributed by atoms with Crippen LogP contribution in [-0.4, -0.2) is 42.6 Å². The van der Waals surface area contributed by atoms with E-state index in [2.05, 4.69) is 10.4 Å². The van der Waals surface area contributed by atoms with Crippen molar-refractivity contribution in [2.45, 2.75) is 25.7 Å². The molecule has 1 heterocycles. The average Bonchev–Trinajstić information content (AvgIpc) is 2.56. The summed E-state index contributed by atoms with van der Waals surface area (Å²) in [7, 11) is 0. The van der Waals surface area contributed by atoms with Crippen molar-refractivity contribution in [2.75, 3.05) is 19.6 Å². The van der Waals surface area contributed by atoms with Gasteiger partial charge in [-0.15, -0.1) is 0 Å². The molecule has 1 aromatic carbocycles. The van der Waals surface area contributed by atoms with E-state index in [4.69, 9.17) is 5.84 Å². The molecule has 0 aliphatic carbocycles. The molecular formula is C16H22N4O2. The van der Waals surface area contributed by atoms with Gasteiger partial charge < -0.3 is 16.1 Å². The van der Waals surface area contributed by atoms with Gasteiger partial charge in [0.15, 0.2) is 0 Å². The smallest absolute Gasteiger partial charge is 0.251 e. The fraction of sp³-hybridized carbons (Fsp3) is 0.438. The molecule has 0 atom stereocenters. The van der Waals surface area contributed by atoms with Gasteiger partial charge in [-0.2, -0.15) is 5.10 Å². The minimum Gasteiger partial charge on any atom is -0.352 e. The van der Waals surface area contributed by atoms with Crippen molar-refractivity contribution in [2.24, 2.45) is 10.9 Å². The minimum absolute atomic E-state index is 0.120. The molecule has 2 amide bonds. The number of nitrogens with two attached hydrogens (primary N) is 1. The zero-order valence-corrected chi connectivity index (χ0v) is 12.6. The van der Waals surface area contributed by atoms with Crippen LogP contribution < -0.4 is 11.2 Å². The van der Waals surface area contributed by atoms with Crippen LogP contribution in [0.25, 0.3) is 0 Å². The van der Waals surface area contributed by atoms with Gasteiger partial charge in [0.05, 0.1) is 6.21 Å². The molecule has 1 aliphatic rings. The number of nitrogens with one attached hydrogen (secondary N) is 1. The lowest BCUT2D eigenvalue weighted by atomic mass is 10.1. The van der Waals surface area contributed by atoms with Crippen LogP contribution in [0.15, 0.2) is 29.4 Å². The third-order valence-electron chi connectivity index (χ3n) is 3.73. The number of rotatable bonds is 5. The summed E-state index contributed by atoms with van der Waals surface area (Å²) in [5.74, 6) is 5.01. The number of amides is 2. The summed E-state index contributed by atoms with van der Waals surface area (Å²) in [6.45, 7) is 2.05. The lowest BCUT2D eigenvalue weighted by Crippen LogP contribution is -2.37. The highest BCUT2D eigenvalue weighted by Gasteiger charge is 2.16. The quantitative estimate of drug-likeness (QED) is 0.485. The van der Waals surface area contributed by atoms with Crippen molar-refractivity contribution in [3.05, 3.63) is 35.4 Å². The van der Waals surface area contributed by atoms with Gasteiger partial charge in [-0.3, -0.25) is 9.59 Å². The molecule has 0 bridgehead atoms. The number of likely N-dealkylation sites (tertiary alicyclic amines) is 1. The molecule has 1 aliphatic heterocycles. The molecule has 118 valence electrons. The topological polar surface area (TPSA) is 87.8 Å². The summed E-state index contributed by atoms with van der Waals surface area (Å²) in [5.41, 5.74) is 1.39. The molecule has 0 saturated carbocycles. The van der Waals surface area contributed by atoms with Crippen LogP contribution in [0, 0.1) is 0 Å². The van der Waals surface area contributed by atoms with Crippen LogP contribution in [-0.2, 0) is 4.79 Å². The number of hydrogen-bond acceptors (Lipinski definition) is 4. The van der Waals surface area contributed by atoms with Gasteiger partial charge in [-0.1, -0.05) is 12.1 Å². The Morgan fingerprint density at radius 3 is 2.50 bits per heavy atom. The van der Waals surface area contributed by atoms with Crippen molar-refractivity contribution in [1.82, 2.24) is 10.2 Å². The van der Waals surface area contributed by atoms with Crippen LogP contribution in [0.5, 0.6) is 0 Å². The molecule has 0 aromatic heterocycles. The van der Waals surface area contributed by atoms with E-state index >= 15 is 0 Å². The zero-order valence-electron chi connectivity index (χ0n) is 12.6. The molecule has 2 rings (SSSR count). The third-order valence-corrected chi connectivity index (χ3v) is 3.73. The molecule has 3 N–H and O–H groups in total. The Morgan fingerprint density at radius 2 is 1.86 bits per heavy atom. The fourth-order valence-electron chi connectivity index (χ4n) is 2.49. The van der Waals surface area contributed by atoms with Crippen molar-refractivity contribution < 1.29 is 9.59 Å². The predicted octanol–water partition coefficient (Wildman–Crippen LogP) is 1.11. The number of benzene rings is 1. The highest BCUT2D eigenvalue weighted by atomic mass is 16.2. The Balaban J connectivity index is 1.76. The Labute approximate surface area is 130 Å². The fourth-order valence-corrected chi connectivity index (χ4v) is 2.49. The van der Waals surface area contributed by atoms with Gasteiger partial charge in [0.25, 0.3) is 5.91 Å². The molecule has 1 fully saturated rings. The van der Waals surface area contributed by atoms with Crippen LogP contribution in [0.3, 0.4) is 0 Å². The predicted molar refractivity (Wildman–Crippen MR) is 85.6 cm³/mol. The van der Waals surface area contributed by atoms with E-state index in [1.54, 1.807) is 24.3 Å². The molecular weight excluding hydrogens is 280 g/mol. The van der Waals surface area contributed by atoms with Gasteiger partial charge in [0, 0.05) is 31.6 Å². The highest BCUT2D eigenvalue weighted by Crippen LogP contribution is 2.09. The van der Waals surface area contributed by atoms with E-state index in [1.165, 1.54) is 12.6 Å². The van der Waals surface area contributed by atoms with Gasteiger partial charge in [0.1, 0.15) is 0 Å². The number of piperidine rings is 1. The highest BCUT2D eigenvalue weighted by molar-refractivity contribution is 5.95. The SMILES string of the molecule is NN=Cc1ccc(C(=O)NCCC(=O)N2CCCCC2)cc1. The molecule has 6 nitrogen and oxygen atoms in total. The number of hydrogen-bond donors (Lipinski definition) is 2. The number of carbonyl (C=O) groups excluding carboxylic acids is 2. The molecule has 1 saturated heterocycles. The van der Waals surface area contributed by atoms with E-state index < -0.39 is 0 Å². The normalized spacial score (nSPS) is 15.0. The molecule has 6 heteroatoms. The summed E-state index contributed by atoms with van der Waals surface area (Å²) >= 11 is 0. The van der Waals surface area contributed by atoms with Crippen molar-refractivity contribution >= 4 is 18.0 Å². The van der Waals surface area contributed by atoms with Gasteiger partial charge >= 0.3 is 0 Å². The maximum atomic E-state index is 12.0. The summed E-state index contributed by atoms with van der Waals surface area (Å²) in [6.07, 6.45) is 5.22. The minimum atomic E-state index is -0.178. The lowest BCUT2D eigenvalue weighted by molar-refractivity contribution is -0.131. The van der Waals surface area contributed by atoms with Crippen molar-refractivity contribution in [1.29, 1.82) is 0 Å². The second kappa shape index (κ2) is 8.17. The first-order valence-electron chi connectivity index (χ1n) is 7.60. The van der Waals surface area contributed by atoms with E-state index in [1.807, 2.05) is 4.90 Å². The molecule has 0 unspecified atom stereocenters. The number of hydrazone groups is 1. The largest absolute Gasteiger partial charge is 0.352 e. The van der Waals surface area contributed by atoms with E-state index in [9.17, 15) is 9.59 Å². The lowest BCUT2D eigenvalue weighted by Gasteiger charge is -2.26. The summed E-state index contributed by atoms with van der Waals surface area (Å²) in [5, 5.41) is 6.20.